The summed E-state index contributed by atoms with van der Waals surface area (Å²) in [5, 5.41) is 0. The Bertz CT molecular complexity index is 1350. The van der Waals surface area contributed by atoms with Crippen LogP contribution in [0.3, 0.4) is 0 Å². The lowest BCUT2D eigenvalue weighted by Crippen LogP contribution is -2.47. The summed E-state index contributed by atoms with van der Waals surface area (Å²) >= 11 is 8.33. The van der Waals surface area contributed by atoms with Crippen molar-refractivity contribution in [2.45, 2.75) is 43.0 Å². The summed E-state index contributed by atoms with van der Waals surface area (Å²) in [4.78, 5) is 18.3. The highest BCUT2D eigenvalue weighted by molar-refractivity contribution is 7.91. The first-order valence-electron chi connectivity index (χ1n) is 11.0. The molecule has 34 heavy (non-hydrogen) atoms. The molecule has 2 aromatic heterocycles. The number of sulfonamides is 1. The number of ether oxygens (including phenoxy) is 2. The van der Waals surface area contributed by atoms with Crippen molar-refractivity contribution in [2.75, 3.05) is 26.9 Å². The lowest BCUT2D eigenvalue weighted by Gasteiger charge is -2.31. The number of carbonyl (C=O) groups is 1. The van der Waals surface area contributed by atoms with Gasteiger partial charge in [0.15, 0.2) is 4.80 Å². The van der Waals surface area contributed by atoms with Crippen LogP contribution in [0.25, 0.3) is 10.2 Å². The van der Waals surface area contributed by atoms with Gasteiger partial charge >= 0.3 is 0 Å². The van der Waals surface area contributed by atoms with Crippen LogP contribution in [-0.2, 0) is 26.1 Å². The molecule has 1 aliphatic rings. The van der Waals surface area contributed by atoms with Crippen molar-refractivity contribution >= 4 is 60.4 Å². The molecule has 0 aliphatic carbocycles. The summed E-state index contributed by atoms with van der Waals surface area (Å²) in [5.41, 5.74) is 0.915. The molecule has 0 radical (unpaired) electrons. The van der Waals surface area contributed by atoms with Crippen LogP contribution in [-0.4, -0.2) is 56.1 Å². The van der Waals surface area contributed by atoms with Crippen molar-refractivity contribution in [1.29, 1.82) is 0 Å². The van der Waals surface area contributed by atoms with Gasteiger partial charge in [-0.1, -0.05) is 29.4 Å². The van der Waals surface area contributed by atoms with E-state index < -0.39 is 22.0 Å². The molecular weight excluding hydrogens is 518 g/mol. The number of aromatic nitrogens is 1. The average molecular weight is 544 g/mol. The van der Waals surface area contributed by atoms with Crippen LogP contribution >= 0.6 is 34.3 Å². The molecule has 12 heteroatoms. The quantitative estimate of drug-likeness (QED) is 0.426. The molecule has 3 aromatic rings. The van der Waals surface area contributed by atoms with Crippen molar-refractivity contribution in [3.8, 4) is 5.75 Å². The summed E-state index contributed by atoms with van der Waals surface area (Å²) in [7, 11) is -2.22. The molecule has 0 N–H and O–H groups in total. The Labute approximate surface area is 211 Å². The molecule has 0 spiro atoms. The fourth-order valence-corrected chi connectivity index (χ4v) is 8.31. The molecule has 0 saturated carbocycles. The molecule has 1 aliphatic heterocycles. The number of hydrogen-bond acceptors (Lipinski definition) is 7. The Kier molecular flexibility index (Phi) is 8.11. The van der Waals surface area contributed by atoms with Gasteiger partial charge in [0.2, 0.25) is 0 Å². The van der Waals surface area contributed by atoms with Crippen molar-refractivity contribution in [1.82, 2.24) is 8.87 Å². The number of thiazole rings is 1. The van der Waals surface area contributed by atoms with Gasteiger partial charge in [-0.3, -0.25) is 4.79 Å². The number of thiophene rings is 1. The number of hydrogen-bond donors (Lipinski definition) is 0. The highest BCUT2D eigenvalue weighted by Crippen LogP contribution is 2.32. The summed E-state index contributed by atoms with van der Waals surface area (Å²) in [6.07, 6.45) is 1.88. The lowest BCUT2D eigenvalue weighted by molar-refractivity contribution is -0.122. The van der Waals surface area contributed by atoms with Crippen LogP contribution in [0.15, 0.2) is 39.5 Å². The van der Waals surface area contributed by atoms with E-state index in [4.69, 9.17) is 21.1 Å². The van der Waals surface area contributed by atoms with E-state index in [9.17, 15) is 13.2 Å². The molecule has 1 aromatic carbocycles. The highest BCUT2D eigenvalue weighted by atomic mass is 35.5. The van der Waals surface area contributed by atoms with E-state index in [1.807, 2.05) is 29.7 Å². The normalized spacial score (nSPS) is 18.0. The molecule has 1 saturated heterocycles. The summed E-state index contributed by atoms with van der Waals surface area (Å²) in [5.74, 6) is 0.279. The number of fused-ring (bicyclic) bond motifs is 1. The van der Waals surface area contributed by atoms with Crippen molar-refractivity contribution in [3.05, 3.63) is 39.5 Å². The Morgan fingerprint density at radius 2 is 2.06 bits per heavy atom. The Hall–Kier alpha value is -1.76. The molecule has 184 valence electrons. The number of amides is 1. The molecule has 1 fully saturated rings. The van der Waals surface area contributed by atoms with E-state index in [0.717, 1.165) is 33.7 Å². The third kappa shape index (κ3) is 5.24. The van der Waals surface area contributed by atoms with Crippen LogP contribution in [0.2, 0.25) is 4.34 Å². The largest absolute Gasteiger partial charge is 0.494 e. The first-order chi connectivity index (χ1) is 16.3. The van der Waals surface area contributed by atoms with E-state index in [1.54, 1.807) is 13.2 Å². The van der Waals surface area contributed by atoms with Gasteiger partial charge in [0.25, 0.3) is 15.9 Å². The predicted molar refractivity (Wildman–Crippen MR) is 134 cm³/mol. The second-order valence-electron chi connectivity index (χ2n) is 7.73. The van der Waals surface area contributed by atoms with Crippen LogP contribution in [0.4, 0.5) is 0 Å². The smallest absolute Gasteiger partial charge is 0.266 e. The predicted octanol–water partition coefficient (Wildman–Crippen LogP) is 4.13. The van der Waals surface area contributed by atoms with Gasteiger partial charge in [0.1, 0.15) is 16.0 Å². The van der Waals surface area contributed by atoms with Crippen LogP contribution < -0.4 is 9.54 Å². The lowest BCUT2D eigenvalue weighted by atomic mass is 10.0. The molecular formula is C22H26ClN3O5S3. The van der Waals surface area contributed by atoms with Gasteiger partial charge < -0.3 is 14.0 Å². The second-order valence-corrected chi connectivity index (χ2v) is 12.6. The Morgan fingerprint density at radius 1 is 1.24 bits per heavy atom. The minimum atomic E-state index is -3.84. The topological polar surface area (TPSA) is 90.2 Å². The maximum atomic E-state index is 13.4. The molecule has 1 unspecified atom stereocenters. The maximum absolute atomic E-state index is 13.4. The monoisotopic (exact) mass is 543 g/mol. The summed E-state index contributed by atoms with van der Waals surface area (Å²) < 4.78 is 42.1. The van der Waals surface area contributed by atoms with Crippen LogP contribution in [0.5, 0.6) is 5.75 Å². The van der Waals surface area contributed by atoms with E-state index in [0.29, 0.717) is 41.7 Å². The van der Waals surface area contributed by atoms with Crippen molar-refractivity contribution in [3.63, 3.8) is 0 Å². The zero-order valence-corrected chi connectivity index (χ0v) is 22.1. The highest BCUT2D eigenvalue weighted by Gasteiger charge is 2.38. The third-order valence-electron chi connectivity index (χ3n) is 5.54. The van der Waals surface area contributed by atoms with Crippen molar-refractivity contribution < 1.29 is 22.7 Å². The summed E-state index contributed by atoms with van der Waals surface area (Å²) in [6, 6.07) is 7.93. The van der Waals surface area contributed by atoms with E-state index in [-0.39, 0.29) is 10.8 Å². The molecule has 1 atom stereocenters. The Balaban J connectivity index is 1.73. The average Bonchev–Trinajstić information content (AvgIpc) is 3.41. The number of piperidine rings is 1. The van der Waals surface area contributed by atoms with Gasteiger partial charge in [-0.15, -0.1) is 11.3 Å². The fourth-order valence-electron chi connectivity index (χ4n) is 3.95. The molecule has 1 amide bonds. The van der Waals surface area contributed by atoms with Gasteiger partial charge in [-0.05, 0) is 50.1 Å². The molecule has 4 rings (SSSR count). The molecule has 3 heterocycles. The number of methoxy groups -OCH3 is 1. The third-order valence-corrected chi connectivity index (χ3v) is 10.2. The van der Waals surface area contributed by atoms with Gasteiger partial charge in [-0.25, -0.2) is 8.42 Å². The molecule has 0 bridgehead atoms. The first-order valence-corrected chi connectivity index (χ1v) is 14.4. The second kappa shape index (κ2) is 10.9. The number of carbonyl (C=O) groups excluding carboxylic acids is 1. The number of nitrogens with zero attached hydrogens (tertiary/aromatic N) is 3. The van der Waals surface area contributed by atoms with Gasteiger partial charge in [0.05, 0.1) is 27.8 Å². The van der Waals surface area contributed by atoms with Crippen LogP contribution in [0.1, 0.15) is 26.2 Å². The van der Waals surface area contributed by atoms with Gasteiger partial charge in [-0.2, -0.15) is 9.30 Å². The van der Waals surface area contributed by atoms with E-state index in [1.165, 1.54) is 21.7 Å². The zero-order valence-electron chi connectivity index (χ0n) is 18.9. The van der Waals surface area contributed by atoms with E-state index >= 15 is 0 Å². The minimum Gasteiger partial charge on any atom is -0.494 e. The first kappa shape index (κ1) is 25.3. The van der Waals surface area contributed by atoms with Gasteiger partial charge in [0, 0.05) is 20.2 Å². The SMILES string of the molecule is CCOc1ccc2c(c1)sc(=NC(=O)C1CCCCN1S(=O)(=O)c1ccc(Cl)s1)n2CCOC. The Morgan fingerprint density at radius 3 is 2.76 bits per heavy atom. The number of halogens is 1. The minimum absolute atomic E-state index is 0.137. The van der Waals surface area contributed by atoms with Crippen molar-refractivity contribution in [2.24, 2.45) is 4.99 Å². The maximum Gasteiger partial charge on any atom is 0.266 e. The fraction of sp³-hybridized carbons (Fsp3) is 0.455. The number of benzene rings is 1. The zero-order chi connectivity index (χ0) is 24.3. The molecule has 8 nitrogen and oxygen atoms in total. The van der Waals surface area contributed by atoms with E-state index in [2.05, 4.69) is 4.99 Å². The summed E-state index contributed by atoms with van der Waals surface area (Å²) in [6.45, 7) is 3.71. The standard InChI is InChI=1S/C22H26ClN3O5S3/c1-3-31-15-7-8-16-18(14-15)32-22(25(16)12-13-30-2)24-21(27)17-6-4-5-11-26(17)34(28,29)20-10-9-19(23)33-20/h7-10,14,17H,3-6,11-13H2,1-2H3. The van der Waals surface area contributed by atoms with Crippen LogP contribution in [0, 0.1) is 0 Å². The number of rotatable bonds is 8.